The SMILES string of the molecule is Cn1ccc(-c2nc(N)c(C(=O)NC(C)(C)c3ccccn3)nc2-c2ccc3ncccc3c2)n1. The number of fused-ring (bicyclic) bond motifs is 1. The topological polar surface area (TPSA) is 124 Å². The van der Waals surface area contributed by atoms with Crippen molar-refractivity contribution in [2.45, 2.75) is 19.4 Å². The van der Waals surface area contributed by atoms with E-state index in [4.69, 9.17) is 10.7 Å². The summed E-state index contributed by atoms with van der Waals surface area (Å²) in [6.45, 7) is 3.74. The van der Waals surface area contributed by atoms with Crippen LogP contribution >= 0.6 is 0 Å². The monoisotopic (exact) mass is 464 g/mol. The molecule has 0 saturated carbocycles. The molecule has 35 heavy (non-hydrogen) atoms. The van der Waals surface area contributed by atoms with E-state index in [1.807, 2.05) is 81.7 Å². The Morgan fingerprint density at radius 3 is 2.54 bits per heavy atom. The van der Waals surface area contributed by atoms with Crippen LogP contribution < -0.4 is 11.1 Å². The van der Waals surface area contributed by atoms with Crippen LogP contribution in [-0.2, 0) is 12.6 Å². The summed E-state index contributed by atoms with van der Waals surface area (Å²) in [5.41, 5.74) is 9.50. The third-order valence-corrected chi connectivity index (χ3v) is 5.70. The van der Waals surface area contributed by atoms with Crippen LogP contribution in [0.4, 0.5) is 5.82 Å². The summed E-state index contributed by atoms with van der Waals surface area (Å²) in [6.07, 6.45) is 5.25. The Balaban J connectivity index is 1.62. The Morgan fingerprint density at radius 2 is 1.80 bits per heavy atom. The van der Waals surface area contributed by atoms with Gasteiger partial charge in [-0.1, -0.05) is 18.2 Å². The van der Waals surface area contributed by atoms with Gasteiger partial charge in [-0.25, -0.2) is 9.97 Å². The molecular formula is C26H24N8O. The quantitative estimate of drug-likeness (QED) is 0.406. The Hall–Kier alpha value is -4.66. The molecule has 9 heteroatoms. The molecule has 4 aromatic heterocycles. The molecule has 0 saturated heterocycles. The zero-order chi connectivity index (χ0) is 24.6. The van der Waals surface area contributed by atoms with Gasteiger partial charge in [-0.3, -0.25) is 19.4 Å². The fourth-order valence-electron chi connectivity index (χ4n) is 3.90. The molecule has 0 atom stereocenters. The number of nitrogens with one attached hydrogen (secondary N) is 1. The summed E-state index contributed by atoms with van der Waals surface area (Å²) < 4.78 is 1.68. The summed E-state index contributed by atoms with van der Waals surface area (Å²) in [6, 6.07) is 17.0. The van der Waals surface area contributed by atoms with E-state index in [1.54, 1.807) is 17.1 Å². The van der Waals surface area contributed by atoms with E-state index >= 15 is 0 Å². The fourth-order valence-corrected chi connectivity index (χ4v) is 3.90. The van der Waals surface area contributed by atoms with E-state index in [1.165, 1.54) is 0 Å². The molecule has 0 fully saturated rings. The lowest BCUT2D eigenvalue weighted by molar-refractivity contribution is 0.0906. The van der Waals surface area contributed by atoms with Crippen molar-refractivity contribution >= 4 is 22.6 Å². The lowest BCUT2D eigenvalue weighted by atomic mass is 9.99. The average Bonchev–Trinajstić information content (AvgIpc) is 3.30. The van der Waals surface area contributed by atoms with Gasteiger partial charge in [-0.05, 0) is 50.2 Å². The molecular weight excluding hydrogens is 440 g/mol. The van der Waals surface area contributed by atoms with Crippen molar-refractivity contribution in [3.05, 3.63) is 84.6 Å². The molecule has 0 bridgehead atoms. The van der Waals surface area contributed by atoms with Crippen LogP contribution in [0.15, 0.2) is 73.2 Å². The normalized spacial score (nSPS) is 11.5. The Kier molecular flexibility index (Phi) is 5.44. The van der Waals surface area contributed by atoms with E-state index in [-0.39, 0.29) is 11.5 Å². The minimum absolute atomic E-state index is 0.0196. The molecule has 5 rings (SSSR count). The van der Waals surface area contributed by atoms with Gasteiger partial charge in [0, 0.05) is 36.6 Å². The number of hydrogen-bond donors (Lipinski definition) is 2. The van der Waals surface area contributed by atoms with E-state index in [9.17, 15) is 4.79 Å². The number of benzene rings is 1. The van der Waals surface area contributed by atoms with Crippen molar-refractivity contribution in [1.29, 1.82) is 0 Å². The summed E-state index contributed by atoms with van der Waals surface area (Å²) in [5.74, 6) is -0.423. The van der Waals surface area contributed by atoms with Gasteiger partial charge in [0.25, 0.3) is 5.91 Å². The van der Waals surface area contributed by atoms with E-state index in [2.05, 4.69) is 25.4 Å². The van der Waals surface area contributed by atoms with Crippen molar-refractivity contribution in [3.63, 3.8) is 0 Å². The van der Waals surface area contributed by atoms with Crippen molar-refractivity contribution in [3.8, 4) is 22.6 Å². The molecule has 1 aromatic carbocycles. The molecule has 9 nitrogen and oxygen atoms in total. The Bertz CT molecular complexity index is 1540. The number of carbonyl (C=O) groups excluding carboxylic acids is 1. The molecule has 1 amide bonds. The van der Waals surface area contributed by atoms with Crippen LogP contribution in [0.5, 0.6) is 0 Å². The highest BCUT2D eigenvalue weighted by Crippen LogP contribution is 2.32. The smallest absolute Gasteiger partial charge is 0.274 e. The average molecular weight is 465 g/mol. The lowest BCUT2D eigenvalue weighted by Gasteiger charge is -2.25. The Labute approximate surface area is 202 Å². The van der Waals surface area contributed by atoms with Gasteiger partial charge < -0.3 is 11.1 Å². The second-order valence-electron chi connectivity index (χ2n) is 8.73. The van der Waals surface area contributed by atoms with Gasteiger partial charge in [-0.15, -0.1) is 0 Å². The fraction of sp³-hybridized carbons (Fsp3) is 0.154. The van der Waals surface area contributed by atoms with Gasteiger partial charge in [0.15, 0.2) is 11.5 Å². The van der Waals surface area contributed by atoms with Crippen molar-refractivity contribution in [2.24, 2.45) is 7.05 Å². The molecule has 0 aliphatic heterocycles. The second kappa shape index (κ2) is 8.60. The standard InChI is InChI=1S/C26H24N8O/c1-26(2,20-8-4-5-12-29-20)32-25(35)23-24(27)31-22(19-11-14-34(3)33-19)21(30-23)17-9-10-18-16(15-17)7-6-13-28-18/h4-15H,1-3H3,(H2,27,31)(H,32,35). The van der Waals surface area contributed by atoms with E-state index < -0.39 is 11.4 Å². The maximum Gasteiger partial charge on any atom is 0.274 e. The number of nitrogen functional groups attached to an aromatic ring is 1. The van der Waals surface area contributed by atoms with Gasteiger partial charge in [0.05, 0.1) is 22.4 Å². The van der Waals surface area contributed by atoms with Crippen LogP contribution in [0.25, 0.3) is 33.5 Å². The lowest BCUT2D eigenvalue weighted by Crippen LogP contribution is -2.42. The minimum Gasteiger partial charge on any atom is -0.382 e. The van der Waals surface area contributed by atoms with Crippen LogP contribution in [-0.4, -0.2) is 35.6 Å². The second-order valence-corrected chi connectivity index (χ2v) is 8.73. The van der Waals surface area contributed by atoms with Crippen molar-refractivity contribution < 1.29 is 4.79 Å². The molecule has 0 radical (unpaired) electrons. The number of aryl methyl sites for hydroxylation is 1. The summed E-state index contributed by atoms with van der Waals surface area (Å²) >= 11 is 0. The predicted octanol–water partition coefficient (Wildman–Crippen LogP) is 3.73. The first kappa shape index (κ1) is 22.1. The molecule has 0 aliphatic carbocycles. The number of nitrogens with zero attached hydrogens (tertiary/aromatic N) is 6. The number of rotatable bonds is 5. The maximum absolute atomic E-state index is 13.4. The molecule has 3 N–H and O–H groups in total. The van der Waals surface area contributed by atoms with E-state index in [0.717, 1.165) is 16.5 Å². The number of hydrogen-bond acceptors (Lipinski definition) is 7. The molecule has 4 heterocycles. The molecule has 0 aliphatic rings. The summed E-state index contributed by atoms with van der Waals surface area (Å²) in [7, 11) is 1.82. The van der Waals surface area contributed by atoms with Gasteiger partial charge in [-0.2, -0.15) is 5.10 Å². The largest absolute Gasteiger partial charge is 0.382 e. The highest BCUT2D eigenvalue weighted by Gasteiger charge is 2.28. The molecule has 174 valence electrons. The van der Waals surface area contributed by atoms with Crippen LogP contribution in [0.3, 0.4) is 0 Å². The maximum atomic E-state index is 13.4. The number of carbonyl (C=O) groups is 1. The van der Waals surface area contributed by atoms with Gasteiger partial charge >= 0.3 is 0 Å². The van der Waals surface area contributed by atoms with Crippen LogP contribution in [0.1, 0.15) is 30.0 Å². The predicted molar refractivity (Wildman–Crippen MR) is 134 cm³/mol. The van der Waals surface area contributed by atoms with Crippen LogP contribution in [0, 0.1) is 0 Å². The first-order valence-electron chi connectivity index (χ1n) is 11.1. The number of anilines is 1. The number of aromatic nitrogens is 6. The molecule has 5 aromatic rings. The number of amides is 1. The van der Waals surface area contributed by atoms with Gasteiger partial charge in [0.1, 0.15) is 11.4 Å². The zero-order valence-corrected chi connectivity index (χ0v) is 19.6. The first-order valence-corrected chi connectivity index (χ1v) is 11.1. The van der Waals surface area contributed by atoms with Crippen molar-refractivity contribution in [2.75, 3.05) is 5.73 Å². The highest BCUT2D eigenvalue weighted by molar-refractivity contribution is 5.98. The van der Waals surface area contributed by atoms with Crippen molar-refractivity contribution in [1.82, 2.24) is 35.0 Å². The minimum atomic E-state index is -0.749. The number of pyridine rings is 2. The summed E-state index contributed by atoms with van der Waals surface area (Å²) in [4.78, 5) is 31.4. The molecule has 0 unspecified atom stereocenters. The summed E-state index contributed by atoms with van der Waals surface area (Å²) in [5, 5.41) is 8.41. The van der Waals surface area contributed by atoms with Crippen LogP contribution in [0.2, 0.25) is 0 Å². The van der Waals surface area contributed by atoms with E-state index in [0.29, 0.717) is 22.8 Å². The third-order valence-electron chi connectivity index (χ3n) is 5.70. The Morgan fingerprint density at radius 1 is 0.971 bits per heavy atom. The zero-order valence-electron chi connectivity index (χ0n) is 19.6. The van der Waals surface area contributed by atoms with Gasteiger partial charge in [0.2, 0.25) is 0 Å². The molecule has 0 spiro atoms. The number of nitrogens with two attached hydrogens (primary N) is 1. The highest BCUT2D eigenvalue weighted by atomic mass is 16.2. The first-order chi connectivity index (χ1) is 16.8. The third kappa shape index (κ3) is 4.31.